The largest absolute Gasteiger partial charge is 0.347 e. The van der Waals surface area contributed by atoms with Gasteiger partial charge in [0.15, 0.2) is 5.96 Å². The molecule has 1 aliphatic carbocycles. The van der Waals surface area contributed by atoms with Crippen LogP contribution in [0, 0.1) is 5.41 Å². The lowest BCUT2D eigenvalue weighted by molar-refractivity contribution is -0.128. The molecular formula is C19H35IN4O. The van der Waals surface area contributed by atoms with Crippen molar-refractivity contribution < 1.29 is 4.79 Å². The predicted octanol–water partition coefficient (Wildman–Crippen LogP) is 3.24. The third-order valence-electron chi connectivity index (χ3n) is 6.19. The first kappa shape index (κ1) is 20.8. The molecule has 1 spiro atoms. The van der Waals surface area contributed by atoms with Crippen molar-refractivity contribution in [3.8, 4) is 0 Å². The van der Waals surface area contributed by atoms with Gasteiger partial charge in [0.2, 0.25) is 5.91 Å². The molecule has 6 heteroatoms. The maximum atomic E-state index is 12.3. The Bertz CT molecular complexity index is 454. The fourth-order valence-electron chi connectivity index (χ4n) is 4.84. The number of carbonyl (C=O) groups is 1. The van der Waals surface area contributed by atoms with E-state index in [4.69, 9.17) is 0 Å². The number of hydrogen-bond acceptors (Lipinski definition) is 2. The number of nitrogens with one attached hydrogen (secondary N) is 1. The second-order valence-corrected chi connectivity index (χ2v) is 7.93. The van der Waals surface area contributed by atoms with E-state index in [0.717, 1.165) is 45.0 Å². The van der Waals surface area contributed by atoms with Gasteiger partial charge in [0, 0.05) is 33.2 Å². The zero-order valence-electron chi connectivity index (χ0n) is 15.8. The van der Waals surface area contributed by atoms with Gasteiger partial charge in [-0.3, -0.25) is 9.79 Å². The first-order chi connectivity index (χ1) is 11.7. The lowest BCUT2D eigenvalue weighted by Crippen LogP contribution is -2.52. The van der Waals surface area contributed by atoms with E-state index < -0.39 is 0 Å². The number of piperidine rings is 1. The number of rotatable bonds is 2. The highest BCUT2D eigenvalue weighted by atomic mass is 127. The SMILES string of the molecule is CN=C(NCC(=O)N1CCCC1)N1CCCC2(CCCCCC2)C1.I. The number of nitrogens with zero attached hydrogens (tertiary/aromatic N) is 3. The molecule has 3 aliphatic rings. The zero-order chi connectivity index (χ0) is 16.8. The Balaban J connectivity index is 0.00000225. The highest BCUT2D eigenvalue weighted by molar-refractivity contribution is 14.0. The minimum absolute atomic E-state index is 0. The molecule has 0 aromatic heterocycles. The summed E-state index contributed by atoms with van der Waals surface area (Å²) in [6.45, 7) is 4.41. The summed E-state index contributed by atoms with van der Waals surface area (Å²) >= 11 is 0. The molecule has 1 saturated carbocycles. The van der Waals surface area contributed by atoms with Gasteiger partial charge in [-0.2, -0.15) is 0 Å². The van der Waals surface area contributed by atoms with Gasteiger partial charge >= 0.3 is 0 Å². The molecule has 25 heavy (non-hydrogen) atoms. The molecule has 2 heterocycles. The van der Waals surface area contributed by atoms with E-state index in [1.54, 1.807) is 0 Å². The highest BCUT2D eigenvalue weighted by Gasteiger charge is 2.36. The minimum atomic E-state index is 0. The third kappa shape index (κ3) is 5.47. The summed E-state index contributed by atoms with van der Waals surface area (Å²) in [4.78, 5) is 21.1. The van der Waals surface area contributed by atoms with Crippen LogP contribution in [0.3, 0.4) is 0 Å². The normalized spacial score (nSPS) is 24.0. The van der Waals surface area contributed by atoms with Crippen molar-refractivity contribution >= 4 is 35.8 Å². The maximum absolute atomic E-state index is 12.3. The third-order valence-corrected chi connectivity index (χ3v) is 6.19. The number of amides is 1. The van der Waals surface area contributed by atoms with Gasteiger partial charge in [0.05, 0.1) is 6.54 Å². The fraction of sp³-hybridized carbons (Fsp3) is 0.895. The van der Waals surface area contributed by atoms with E-state index in [-0.39, 0.29) is 29.9 Å². The number of likely N-dealkylation sites (tertiary alicyclic amines) is 2. The van der Waals surface area contributed by atoms with E-state index in [2.05, 4.69) is 15.2 Å². The Hall–Kier alpha value is -0.530. The number of aliphatic imine (C=N–C) groups is 1. The molecule has 1 amide bonds. The number of hydrogen-bond donors (Lipinski definition) is 1. The van der Waals surface area contributed by atoms with Crippen LogP contribution >= 0.6 is 24.0 Å². The van der Waals surface area contributed by atoms with Gasteiger partial charge in [-0.15, -0.1) is 24.0 Å². The van der Waals surface area contributed by atoms with Crippen molar-refractivity contribution in [1.82, 2.24) is 15.1 Å². The number of guanidine groups is 1. The standard InChI is InChI=1S/C19H34N4O.HI/c1-20-18(21-15-17(24)22-12-6-7-13-22)23-14-8-11-19(16-23)9-4-2-3-5-10-19;/h2-16H2,1H3,(H,20,21);1H. The maximum Gasteiger partial charge on any atom is 0.241 e. The van der Waals surface area contributed by atoms with Gasteiger partial charge < -0.3 is 15.1 Å². The summed E-state index contributed by atoms with van der Waals surface area (Å²) in [5.74, 6) is 1.14. The lowest BCUT2D eigenvalue weighted by atomic mass is 9.74. The quantitative estimate of drug-likeness (QED) is 0.390. The smallest absolute Gasteiger partial charge is 0.241 e. The van der Waals surface area contributed by atoms with E-state index in [1.165, 1.54) is 51.4 Å². The molecule has 3 fully saturated rings. The summed E-state index contributed by atoms with van der Waals surface area (Å²) in [6.07, 6.45) is 13.2. The van der Waals surface area contributed by atoms with Crippen molar-refractivity contribution in [1.29, 1.82) is 0 Å². The topological polar surface area (TPSA) is 47.9 Å². The molecule has 0 radical (unpaired) electrons. The van der Waals surface area contributed by atoms with E-state index >= 15 is 0 Å². The molecule has 0 bridgehead atoms. The summed E-state index contributed by atoms with van der Waals surface area (Å²) < 4.78 is 0. The van der Waals surface area contributed by atoms with Gasteiger partial charge in [0.25, 0.3) is 0 Å². The molecule has 144 valence electrons. The van der Waals surface area contributed by atoms with Crippen LogP contribution in [0.2, 0.25) is 0 Å². The van der Waals surface area contributed by atoms with Gasteiger partial charge in [-0.1, -0.05) is 25.7 Å². The van der Waals surface area contributed by atoms with Crippen LogP contribution in [0.4, 0.5) is 0 Å². The molecular weight excluding hydrogens is 427 g/mol. The van der Waals surface area contributed by atoms with Crippen molar-refractivity contribution in [2.24, 2.45) is 10.4 Å². The number of carbonyl (C=O) groups excluding carboxylic acids is 1. The van der Waals surface area contributed by atoms with E-state index in [0.29, 0.717) is 12.0 Å². The average Bonchev–Trinajstić information content (AvgIpc) is 3.05. The Kier molecular flexibility index (Phi) is 8.29. The molecule has 3 rings (SSSR count). The van der Waals surface area contributed by atoms with Crippen LogP contribution in [-0.4, -0.2) is 61.4 Å². The molecule has 0 aromatic carbocycles. The minimum Gasteiger partial charge on any atom is -0.347 e. The Morgan fingerprint density at radius 2 is 1.52 bits per heavy atom. The van der Waals surface area contributed by atoms with Crippen molar-refractivity contribution in [2.45, 2.75) is 64.2 Å². The Labute approximate surface area is 170 Å². The lowest BCUT2D eigenvalue weighted by Gasteiger charge is -2.44. The van der Waals surface area contributed by atoms with Crippen LogP contribution in [0.25, 0.3) is 0 Å². The van der Waals surface area contributed by atoms with Crippen molar-refractivity contribution in [3.63, 3.8) is 0 Å². The summed E-state index contributed by atoms with van der Waals surface area (Å²) in [5.41, 5.74) is 0.491. The van der Waals surface area contributed by atoms with Crippen LogP contribution in [-0.2, 0) is 4.79 Å². The predicted molar refractivity (Wildman–Crippen MR) is 114 cm³/mol. The molecule has 2 aliphatic heterocycles. The molecule has 5 nitrogen and oxygen atoms in total. The van der Waals surface area contributed by atoms with Crippen LogP contribution in [0.5, 0.6) is 0 Å². The Morgan fingerprint density at radius 3 is 2.16 bits per heavy atom. The summed E-state index contributed by atoms with van der Waals surface area (Å²) in [7, 11) is 1.84. The zero-order valence-corrected chi connectivity index (χ0v) is 18.1. The van der Waals surface area contributed by atoms with Gasteiger partial charge in [0.1, 0.15) is 0 Å². The molecule has 1 N–H and O–H groups in total. The average molecular weight is 462 g/mol. The molecule has 0 aromatic rings. The van der Waals surface area contributed by atoms with Crippen LogP contribution in [0.1, 0.15) is 64.2 Å². The second kappa shape index (κ2) is 9.97. The van der Waals surface area contributed by atoms with Gasteiger partial charge in [-0.05, 0) is 43.9 Å². The molecule has 0 atom stereocenters. The molecule has 2 saturated heterocycles. The highest BCUT2D eigenvalue weighted by Crippen LogP contribution is 2.42. The monoisotopic (exact) mass is 462 g/mol. The van der Waals surface area contributed by atoms with Crippen LogP contribution in [0.15, 0.2) is 4.99 Å². The van der Waals surface area contributed by atoms with Crippen molar-refractivity contribution in [3.05, 3.63) is 0 Å². The van der Waals surface area contributed by atoms with E-state index in [9.17, 15) is 4.79 Å². The van der Waals surface area contributed by atoms with Crippen LogP contribution < -0.4 is 5.32 Å². The fourth-order valence-corrected chi connectivity index (χ4v) is 4.84. The molecule has 0 unspecified atom stereocenters. The first-order valence-corrected chi connectivity index (χ1v) is 9.96. The van der Waals surface area contributed by atoms with Crippen molar-refractivity contribution in [2.75, 3.05) is 39.8 Å². The Morgan fingerprint density at radius 1 is 0.920 bits per heavy atom. The van der Waals surface area contributed by atoms with E-state index in [1.807, 2.05) is 11.9 Å². The van der Waals surface area contributed by atoms with Gasteiger partial charge in [-0.25, -0.2) is 0 Å². The number of halogens is 1. The second-order valence-electron chi connectivity index (χ2n) is 7.93. The summed E-state index contributed by atoms with van der Waals surface area (Å²) in [6, 6.07) is 0. The first-order valence-electron chi connectivity index (χ1n) is 9.96. The summed E-state index contributed by atoms with van der Waals surface area (Å²) in [5, 5.41) is 3.34.